The van der Waals surface area contributed by atoms with Gasteiger partial charge < -0.3 is 0 Å². The van der Waals surface area contributed by atoms with Crippen molar-refractivity contribution in [2.75, 3.05) is 6.54 Å². The van der Waals surface area contributed by atoms with E-state index in [0.29, 0.717) is 6.54 Å². The van der Waals surface area contributed by atoms with Gasteiger partial charge in [0, 0.05) is 8.07 Å². The number of nitrogens with zero attached hydrogens (tertiary/aromatic N) is 1. The summed E-state index contributed by atoms with van der Waals surface area (Å²) >= 11 is 0. The van der Waals surface area contributed by atoms with Gasteiger partial charge in [0.25, 0.3) is 0 Å². The molecule has 2 nitrogen and oxygen atoms in total. The van der Waals surface area contributed by atoms with Gasteiger partial charge in [-0.25, -0.2) is 0 Å². The third-order valence-corrected chi connectivity index (χ3v) is 2.68. The van der Waals surface area contributed by atoms with Crippen molar-refractivity contribution in [1.29, 1.82) is 0 Å². The fraction of sp³-hybridized carbons (Fsp3) is 1.00. The molecule has 0 heterocycles. The van der Waals surface area contributed by atoms with Gasteiger partial charge >= 0.3 is 0 Å². The zero-order chi connectivity index (χ0) is 6.62. The van der Waals surface area contributed by atoms with E-state index in [1.54, 1.807) is 0 Å². The zero-order valence-electron chi connectivity index (χ0n) is 5.77. The van der Waals surface area contributed by atoms with Gasteiger partial charge in [0.15, 0.2) is 0 Å². The third-order valence-electron chi connectivity index (χ3n) is 0.953. The second-order valence-electron chi connectivity index (χ2n) is 3.16. The average Bonchev–Trinajstić information content (AvgIpc) is 1.59. The molecule has 0 N–H and O–H groups in total. The Labute approximate surface area is 51.3 Å². The molecule has 0 aliphatic rings. The molecule has 0 bridgehead atoms. The molecule has 0 spiro atoms. The second kappa shape index (κ2) is 2.97. The highest BCUT2D eigenvalue weighted by Gasteiger charge is 2.11. The summed E-state index contributed by atoms with van der Waals surface area (Å²) in [6.45, 7) is 7.21. The minimum Gasteiger partial charge on any atom is -0.151 e. The maximum atomic E-state index is 9.62. The molecule has 0 fully saturated rings. The molecule has 48 valence electrons. The standard InChI is InChI=1S/C5H13NOSi/c1-8(2,3)5-4-6-7/h4-5H2,1-3H3. The summed E-state index contributed by atoms with van der Waals surface area (Å²) < 4.78 is 0. The summed E-state index contributed by atoms with van der Waals surface area (Å²) in [6.07, 6.45) is 0. The monoisotopic (exact) mass is 131 g/mol. The first kappa shape index (κ1) is 7.82. The maximum absolute atomic E-state index is 9.62. The molecule has 0 saturated carbocycles. The van der Waals surface area contributed by atoms with E-state index in [-0.39, 0.29) is 0 Å². The molecule has 0 rings (SSSR count). The lowest BCUT2D eigenvalue weighted by Crippen LogP contribution is -2.19. The van der Waals surface area contributed by atoms with Gasteiger partial charge in [-0.3, -0.25) is 0 Å². The highest BCUT2D eigenvalue weighted by Crippen LogP contribution is 2.06. The fourth-order valence-corrected chi connectivity index (χ4v) is 1.14. The van der Waals surface area contributed by atoms with Crippen LogP contribution < -0.4 is 0 Å². The summed E-state index contributed by atoms with van der Waals surface area (Å²) in [7, 11) is -0.972. The van der Waals surface area contributed by atoms with Crippen LogP contribution >= 0.6 is 0 Å². The quantitative estimate of drug-likeness (QED) is 0.426. The Kier molecular flexibility index (Phi) is 2.90. The van der Waals surface area contributed by atoms with Crippen molar-refractivity contribution >= 4 is 8.07 Å². The first-order valence-electron chi connectivity index (χ1n) is 2.85. The third kappa shape index (κ3) is 5.82. The Morgan fingerprint density at radius 3 is 2.00 bits per heavy atom. The van der Waals surface area contributed by atoms with E-state index in [1.807, 2.05) is 0 Å². The normalized spacial score (nSPS) is 11.4. The molecule has 0 unspecified atom stereocenters. The minimum absolute atomic E-state index is 0.510. The van der Waals surface area contributed by atoms with Crippen LogP contribution in [0.3, 0.4) is 0 Å². The van der Waals surface area contributed by atoms with Crippen LogP contribution in [-0.2, 0) is 0 Å². The van der Waals surface area contributed by atoms with Crippen LogP contribution in [0.5, 0.6) is 0 Å². The van der Waals surface area contributed by atoms with Gasteiger partial charge in [-0.15, -0.1) is 0 Å². The van der Waals surface area contributed by atoms with Gasteiger partial charge in [0.2, 0.25) is 0 Å². The SMILES string of the molecule is C[Si](C)(C)CCN=O. The molecule has 0 aromatic carbocycles. The Morgan fingerprint density at radius 1 is 1.38 bits per heavy atom. The Hall–Kier alpha value is -0.183. The molecule has 0 radical (unpaired) electrons. The van der Waals surface area contributed by atoms with Crippen LogP contribution in [0.15, 0.2) is 5.18 Å². The van der Waals surface area contributed by atoms with Crippen LogP contribution in [-0.4, -0.2) is 14.6 Å². The van der Waals surface area contributed by atoms with E-state index >= 15 is 0 Å². The summed E-state index contributed by atoms with van der Waals surface area (Å²) in [4.78, 5) is 9.62. The lowest BCUT2D eigenvalue weighted by Gasteiger charge is -2.11. The Morgan fingerprint density at radius 2 is 1.88 bits per heavy atom. The molecule has 3 heteroatoms. The van der Waals surface area contributed by atoms with Crippen molar-refractivity contribution in [1.82, 2.24) is 0 Å². The van der Waals surface area contributed by atoms with E-state index in [2.05, 4.69) is 24.8 Å². The molecule has 8 heavy (non-hydrogen) atoms. The van der Waals surface area contributed by atoms with Crippen molar-refractivity contribution in [2.24, 2.45) is 5.18 Å². The summed E-state index contributed by atoms with van der Waals surface area (Å²) in [5.41, 5.74) is 0. The van der Waals surface area contributed by atoms with Crippen LogP contribution in [0.25, 0.3) is 0 Å². The largest absolute Gasteiger partial charge is 0.151 e. The van der Waals surface area contributed by atoms with Gasteiger partial charge in [0.05, 0.1) is 6.54 Å². The van der Waals surface area contributed by atoms with Crippen LogP contribution in [0.1, 0.15) is 0 Å². The first-order chi connectivity index (χ1) is 3.56. The number of rotatable bonds is 3. The highest BCUT2D eigenvalue weighted by atomic mass is 28.3. The Balaban J connectivity index is 3.24. The first-order valence-corrected chi connectivity index (χ1v) is 6.56. The van der Waals surface area contributed by atoms with Crippen LogP contribution in [0, 0.1) is 4.91 Å². The van der Waals surface area contributed by atoms with Crippen LogP contribution in [0.2, 0.25) is 25.7 Å². The molecular weight excluding hydrogens is 118 g/mol. The van der Waals surface area contributed by atoms with E-state index < -0.39 is 8.07 Å². The van der Waals surface area contributed by atoms with Gasteiger partial charge in [0.1, 0.15) is 0 Å². The minimum atomic E-state index is -0.972. The van der Waals surface area contributed by atoms with E-state index in [9.17, 15) is 4.91 Å². The fourth-order valence-electron chi connectivity index (χ4n) is 0.381. The number of hydrogen-bond donors (Lipinski definition) is 0. The molecule has 0 aliphatic carbocycles. The van der Waals surface area contributed by atoms with Crippen molar-refractivity contribution < 1.29 is 0 Å². The topological polar surface area (TPSA) is 29.4 Å². The smallest absolute Gasteiger partial charge is 0.0787 e. The van der Waals surface area contributed by atoms with Gasteiger partial charge in [-0.1, -0.05) is 24.8 Å². The second-order valence-corrected chi connectivity index (χ2v) is 8.78. The highest BCUT2D eigenvalue weighted by molar-refractivity contribution is 6.76. The number of nitroso groups, excluding NO2 is 1. The molecule has 0 amide bonds. The summed E-state index contributed by atoms with van der Waals surface area (Å²) in [6, 6.07) is 1.02. The van der Waals surface area contributed by atoms with E-state index in [4.69, 9.17) is 0 Å². The Bertz CT molecular complexity index is 77.0. The predicted molar refractivity (Wildman–Crippen MR) is 38.8 cm³/mol. The van der Waals surface area contributed by atoms with Gasteiger partial charge in [-0.2, -0.15) is 4.91 Å². The van der Waals surface area contributed by atoms with E-state index in [1.165, 1.54) is 0 Å². The molecule has 0 saturated heterocycles. The molecule has 0 aromatic heterocycles. The zero-order valence-corrected chi connectivity index (χ0v) is 6.77. The van der Waals surface area contributed by atoms with Crippen molar-refractivity contribution in [3.63, 3.8) is 0 Å². The van der Waals surface area contributed by atoms with Crippen molar-refractivity contribution in [3.05, 3.63) is 4.91 Å². The summed E-state index contributed by atoms with van der Waals surface area (Å²) in [5.74, 6) is 0. The summed E-state index contributed by atoms with van der Waals surface area (Å²) in [5, 5.41) is 2.81. The molecular formula is C5H13NOSi. The maximum Gasteiger partial charge on any atom is 0.0787 e. The lowest BCUT2D eigenvalue weighted by atomic mass is 10.8. The molecule has 0 atom stereocenters. The van der Waals surface area contributed by atoms with Crippen molar-refractivity contribution in [2.45, 2.75) is 25.7 Å². The number of hydrogen-bond acceptors (Lipinski definition) is 2. The van der Waals surface area contributed by atoms with Gasteiger partial charge in [-0.05, 0) is 6.04 Å². The molecule has 0 aromatic rings. The van der Waals surface area contributed by atoms with Crippen molar-refractivity contribution in [3.8, 4) is 0 Å². The predicted octanol–water partition coefficient (Wildman–Crippen LogP) is 2.09. The van der Waals surface area contributed by atoms with Crippen LogP contribution in [0.4, 0.5) is 0 Å². The van der Waals surface area contributed by atoms with E-state index in [0.717, 1.165) is 6.04 Å². The molecule has 0 aliphatic heterocycles. The average molecular weight is 131 g/mol. The lowest BCUT2D eigenvalue weighted by molar-refractivity contribution is 1.08.